The van der Waals surface area contributed by atoms with Crippen molar-refractivity contribution < 1.29 is 19.5 Å². The molecule has 6 nitrogen and oxygen atoms in total. The number of amides is 3. The van der Waals surface area contributed by atoms with Gasteiger partial charge in [0.15, 0.2) is 0 Å². The summed E-state index contributed by atoms with van der Waals surface area (Å²) in [7, 11) is 0. The van der Waals surface area contributed by atoms with E-state index in [1.807, 2.05) is 44.2 Å². The fraction of sp³-hybridized carbons (Fsp3) is 0.526. The summed E-state index contributed by atoms with van der Waals surface area (Å²) in [5, 5.41) is 9.53. The zero-order valence-electron chi connectivity index (χ0n) is 15.2. The molecular weight excluding hydrogens is 320 g/mol. The van der Waals surface area contributed by atoms with Gasteiger partial charge in [-0.15, -0.1) is 0 Å². The van der Waals surface area contributed by atoms with Crippen LogP contribution in [-0.2, 0) is 16.1 Å². The fourth-order valence-corrected chi connectivity index (χ4v) is 3.30. The van der Waals surface area contributed by atoms with E-state index in [4.69, 9.17) is 0 Å². The molecule has 1 N–H and O–H groups in total. The predicted molar refractivity (Wildman–Crippen MR) is 93.7 cm³/mol. The Morgan fingerprint density at radius 2 is 1.76 bits per heavy atom. The Hall–Kier alpha value is -2.37. The van der Waals surface area contributed by atoms with Gasteiger partial charge in [0.1, 0.15) is 12.1 Å². The number of benzene rings is 1. The third kappa shape index (κ3) is 3.67. The number of hydrogen-bond acceptors (Lipinski definition) is 3. The van der Waals surface area contributed by atoms with Gasteiger partial charge >= 0.3 is 12.0 Å². The lowest BCUT2D eigenvalue weighted by Crippen LogP contribution is -2.49. The second-order valence-electron chi connectivity index (χ2n) is 6.96. The van der Waals surface area contributed by atoms with Gasteiger partial charge in [-0.1, -0.05) is 64.4 Å². The molecule has 25 heavy (non-hydrogen) atoms. The Morgan fingerprint density at radius 3 is 2.24 bits per heavy atom. The third-order valence-corrected chi connectivity index (χ3v) is 4.82. The molecule has 3 unspecified atom stereocenters. The Kier molecular flexibility index (Phi) is 5.82. The standard InChI is InChI=1S/C19H26N2O4/c1-5-13(4)16-17(22)21(15(12(2)3)18(23)24)19(25)20(16)11-14-9-7-6-8-10-14/h6-10,12-13,15-16H,5,11H2,1-4H3,(H,23,24). The number of carboxylic acids is 1. The van der Waals surface area contributed by atoms with Gasteiger partial charge in [0.2, 0.25) is 0 Å². The van der Waals surface area contributed by atoms with Gasteiger partial charge < -0.3 is 10.0 Å². The summed E-state index contributed by atoms with van der Waals surface area (Å²) in [5.41, 5.74) is 0.912. The molecule has 0 bridgehead atoms. The number of rotatable bonds is 7. The first-order chi connectivity index (χ1) is 11.8. The SMILES string of the molecule is CCC(C)C1C(=O)N(C(C(=O)O)C(C)C)C(=O)N1Cc1ccccc1. The molecule has 0 aromatic heterocycles. The van der Waals surface area contributed by atoms with Gasteiger partial charge in [-0.2, -0.15) is 0 Å². The van der Waals surface area contributed by atoms with Crippen molar-refractivity contribution in [3.8, 4) is 0 Å². The summed E-state index contributed by atoms with van der Waals surface area (Å²) in [4.78, 5) is 40.1. The van der Waals surface area contributed by atoms with Crippen molar-refractivity contribution in [2.45, 2.75) is 52.7 Å². The molecule has 0 spiro atoms. The van der Waals surface area contributed by atoms with Crippen LogP contribution >= 0.6 is 0 Å². The Labute approximate surface area is 148 Å². The lowest BCUT2D eigenvalue weighted by atomic mass is 9.96. The minimum absolute atomic E-state index is 0.0493. The smallest absolute Gasteiger partial charge is 0.328 e. The van der Waals surface area contributed by atoms with E-state index >= 15 is 0 Å². The molecule has 6 heteroatoms. The number of carbonyl (C=O) groups is 3. The molecule has 1 aromatic rings. The van der Waals surface area contributed by atoms with Crippen molar-refractivity contribution in [1.82, 2.24) is 9.80 Å². The number of aliphatic carboxylic acids is 1. The topological polar surface area (TPSA) is 77.9 Å². The van der Waals surface area contributed by atoms with E-state index in [-0.39, 0.29) is 11.8 Å². The third-order valence-electron chi connectivity index (χ3n) is 4.82. The quantitative estimate of drug-likeness (QED) is 0.770. The van der Waals surface area contributed by atoms with E-state index in [9.17, 15) is 19.5 Å². The lowest BCUT2D eigenvalue weighted by molar-refractivity contribution is -0.148. The van der Waals surface area contributed by atoms with Crippen LogP contribution in [0.1, 0.15) is 39.7 Å². The van der Waals surface area contributed by atoms with Gasteiger partial charge in [-0.25, -0.2) is 14.5 Å². The largest absolute Gasteiger partial charge is 0.480 e. The first-order valence-electron chi connectivity index (χ1n) is 8.70. The molecule has 1 heterocycles. The van der Waals surface area contributed by atoms with Crippen molar-refractivity contribution in [2.24, 2.45) is 11.8 Å². The van der Waals surface area contributed by atoms with Crippen LogP contribution in [0.15, 0.2) is 30.3 Å². The van der Waals surface area contributed by atoms with Crippen molar-refractivity contribution >= 4 is 17.9 Å². The number of imide groups is 1. The molecule has 1 aromatic carbocycles. The van der Waals surface area contributed by atoms with Crippen LogP contribution in [0.25, 0.3) is 0 Å². The van der Waals surface area contributed by atoms with E-state index in [0.29, 0.717) is 6.54 Å². The van der Waals surface area contributed by atoms with Crippen LogP contribution in [-0.4, -0.2) is 44.9 Å². The van der Waals surface area contributed by atoms with Crippen molar-refractivity contribution in [3.63, 3.8) is 0 Å². The molecule has 136 valence electrons. The molecule has 1 saturated heterocycles. The highest BCUT2D eigenvalue weighted by Crippen LogP contribution is 2.30. The van der Waals surface area contributed by atoms with Crippen LogP contribution in [0.3, 0.4) is 0 Å². The van der Waals surface area contributed by atoms with Gasteiger partial charge in [0.05, 0.1) is 0 Å². The molecule has 1 aliphatic rings. The highest BCUT2D eigenvalue weighted by Gasteiger charge is 2.51. The highest BCUT2D eigenvalue weighted by molar-refractivity contribution is 6.07. The van der Waals surface area contributed by atoms with Crippen molar-refractivity contribution in [3.05, 3.63) is 35.9 Å². The molecule has 3 amide bonds. The van der Waals surface area contributed by atoms with E-state index in [1.54, 1.807) is 13.8 Å². The number of carboxylic acid groups (broad SMARTS) is 1. The van der Waals surface area contributed by atoms with E-state index in [2.05, 4.69) is 0 Å². The maximum atomic E-state index is 13.0. The number of carbonyl (C=O) groups excluding carboxylic acids is 2. The summed E-state index contributed by atoms with van der Waals surface area (Å²) in [6.45, 7) is 7.58. The summed E-state index contributed by atoms with van der Waals surface area (Å²) in [6.07, 6.45) is 0.724. The normalized spacial score (nSPS) is 20.3. The molecule has 1 fully saturated rings. The predicted octanol–water partition coefficient (Wildman–Crippen LogP) is 2.97. The van der Waals surface area contributed by atoms with Crippen LogP contribution < -0.4 is 0 Å². The maximum absolute atomic E-state index is 13.0. The van der Waals surface area contributed by atoms with Crippen LogP contribution in [0.4, 0.5) is 4.79 Å². The van der Waals surface area contributed by atoms with Gasteiger partial charge in [0, 0.05) is 6.54 Å². The minimum Gasteiger partial charge on any atom is -0.480 e. The summed E-state index contributed by atoms with van der Waals surface area (Å²) >= 11 is 0. The van der Waals surface area contributed by atoms with Gasteiger partial charge in [-0.05, 0) is 17.4 Å². The van der Waals surface area contributed by atoms with E-state index < -0.39 is 30.0 Å². The molecule has 2 rings (SSSR count). The number of nitrogens with zero attached hydrogens (tertiary/aromatic N) is 2. The number of hydrogen-bond donors (Lipinski definition) is 1. The zero-order valence-corrected chi connectivity index (χ0v) is 15.2. The molecule has 1 aliphatic heterocycles. The first-order valence-corrected chi connectivity index (χ1v) is 8.70. The van der Waals surface area contributed by atoms with Crippen LogP contribution in [0.5, 0.6) is 0 Å². The molecule has 3 atom stereocenters. The second kappa shape index (κ2) is 7.68. The lowest BCUT2D eigenvalue weighted by Gasteiger charge is -2.26. The Bertz CT molecular complexity index is 644. The molecule has 0 saturated carbocycles. The minimum atomic E-state index is -1.15. The van der Waals surface area contributed by atoms with Gasteiger partial charge in [-0.3, -0.25) is 4.79 Å². The van der Waals surface area contributed by atoms with Crippen LogP contribution in [0.2, 0.25) is 0 Å². The van der Waals surface area contributed by atoms with E-state index in [1.165, 1.54) is 4.90 Å². The Balaban J connectivity index is 2.40. The zero-order chi connectivity index (χ0) is 18.7. The highest BCUT2D eigenvalue weighted by atomic mass is 16.4. The molecule has 0 radical (unpaired) electrons. The Morgan fingerprint density at radius 1 is 1.16 bits per heavy atom. The average Bonchev–Trinajstić information content (AvgIpc) is 2.79. The van der Waals surface area contributed by atoms with Gasteiger partial charge in [0.25, 0.3) is 5.91 Å². The van der Waals surface area contributed by atoms with Crippen molar-refractivity contribution in [2.75, 3.05) is 0 Å². The number of urea groups is 1. The maximum Gasteiger partial charge on any atom is 0.328 e. The van der Waals surface area contributed by atoms with E-state index in [0.717, 1.165) is 16.9 Å². The first kappa shape index (κ1) is 19.0. The monoisotopic (exact) mass is 346 g/mol. The average molecular weight is 346 g/mol. The second-order valence-corrected chi connectivity index (χ2v) is 6.96. The van der Waals surface area contributed by atoms with Crippen LogP contribution in [0, 0.1) is 11.8 Å². The molecular formula is C19H26N2O4. The summed E-state index contributed by atoms with van der Waals surface area (Å²) in [5.74, 6) is -1.97. The molecule has 0 aliphatic carbocycles. The summed E-state index contributed by atoms with van der Waals surface area (Å²) in [6, 6.07) is 7.14. The fourth-order valence-electron chi connectivity index (χ4n) is 3.30. The van der Waals surface area contributed by atoms with Crippen molar-refractivity contribution in [1.29, 1.82) is 0 Å². The summed E-state index contributed by atoms with van der Waals surface area (Å²) < 4.78 is 0.